The quantitative estimate of drug-likeness (QED) is 0.161. The van der Waals surface area contributed by atoms with Crippen LogP contribution in [0.4, 0.5) is 0 Å². The molecule has 0 saturated heterocycles. The van der Waals surface area contributed by atoms with Crippen LogP contribution in [0.5, 0.6) is 5.75 Å². The predicted octanol–water partition coefficient (Wildman–Crippen LogP) is 6.21. The number of methoxy groups -OCH3 is 1. The van der Waals surface area contributed by atoms with Crippen molar-refractivity contribution < 1.29 is 23.9 Å². The van der Waals surface area contributed by atoms with Gasteiger partial charge in [-0.1, -0.05) is 45.0 Å². The zero-order chi connectivity index (χ0) is 27.4. The van der Waals surface area contributed by atoms with E-state index in [4.69, 9.17) is 9.47 Å². The van der Waals surface area contributed by atoms with Gasteiger partial charge in [-0.05, 0) is 74.2 Å². The van der Waals surface area contributed by atoms with Gasteiger partial charge in [0, 0.05) is 30.2 Å². The third kappa shape index (κ3) is 6.75. The molecule has 0 spiro atoms. The lowest BCUT2D eigenvalue weighted by atomic mass is 9.80. The van der Waals surface area contributed by atoms with Gasteiger partial charge in [-0.3, -0.25) is 9.59 Å². The minimum atomic E-state index is -2.39. The number of aryl methyl sites for hydroxylation is 1. The molecular weight excluding hydrogens is 480 g/mol. The number of carbonyl (C=O) groups is 2. The number of rotatable bonds is 11. The summed E-state index contributed by atoms with van der Waals surface area (Å²) in [5.41, 5.74) is 2.33. The summed E-state index contributed by atoms with van der Waals surface area (Å²) in [6, 6.07) is 6.32. The number of ether oxygens (including phenoxy) is 2. The molecule has 1 saturated carbocycles. The van der Waals surface area contributed by atoms with Gasteiger partial charge in [0.05, 0.1) is 7.11 Å². The second-order valence-electron chi connectivity index (χ2n) is 12.0. The van der Waals surface area contributed by atoms with E-state index in [0.717, 1.165) is 30.6 Å². The smallest absolute Gasteiger partial charge is 0.305 e. The van der Waals surface area contributed by atoms with E-state index in [1.54, 1.807) is 13.0 Å². The maximum Gasteiger partial charge on any atom is 0.305 e. The normalized spacial score (nSPS) is 23.6. The molecular formula is C31H44O5Si. The molecule has 0 radical (unpaired) electrons. The topological polar surface area (TPSA) is 72.8 Å². The lowest BCUT2D eigenvalue weighted by molar-refractivity contribution is -0.140. The summed E-state index contributed by atoms with van der Waals surface area (Å²) in [5.74, 6) is 7.28. The van der Waals surface area contributed by atoms with Crippen LogP contribution in [0, 0.1) is 29.6 Å². The van der Waals surface area contributed by atoms with Crippen LogP contribution in [0.3, 0.4) is 0 Å². The molecule has 0 aromatic heterocycles. The Labute approximate surface area is 224 Å². The van der Waals surface area contributed by atoms with Crippen molar-refractivity contribution in [3.05, 3.63) is 41.5 Å². The first-order valence-electron chi connectivity index (χ1n) is 13.6. The first-order valence-corrected chi connectivity index (χ1v) is 16.5. The molecule has 6 heteroatoms. The number of allylic oxidation sites excluding steroid dienone is 2. The number of fused-ring (bicyclic) bond motifs is 3. The molecule has 1 aromatic carbocycles. The average molecular weight is 525 g/mol. The fraction of sp³-hybridized carbons (Fsp3) is 0.613. The van der Waals surface area contributed by atoms with Crippen molar-refractivity contribution >= 4 is 20.1 Å². The van der Waals surface area contributed by atoms with Crippen LogP contribution in [0.2, 0.25) is 18.1 Å². The molecule has 1 aromatic rings. The molecule has 5 atom stereocenters. The lowest BCUT2D eigenvalue weighted by Crippen LogP contribution is -2.40. The third-order valence-corrected chi connectivity index (χ3v) is 12.2. The van der Waals surface area contributed by atoms with Crippen molar-refractivity contribution in [2.45, 2.75) is 96.4 Å². The van der Waals surface area contributed by atoms with E-state index in [-0.39, 0.29) is 40.6 Å². The van der Waals surface area contributed by atoms with Crippen LogP contribution in [-0.4, -0.2) is 38.1 Å². The second-order valence-corrected chi connectivity index (χ2v) is 16.4. The molecule has 2 aliphatic rings. The number of hydrogen-bond donors (Lipinski definition) is 1. The Morgan fingerprint density at radius 2 is 2.05 bits per heavy atom. The van der Waals surface area contributed by atoms with Crippen LogP contribution >= 0.6 is 0 Å². The molecule has 3 rings (SSSR count). The average Bonchev–Trinajstić information content (AvgIpc) is 3.35. The monoisotopic (exact) mass is 524 g/mol. The number of hydrogen-bond acceptors (Lipinski definition) is 5. The SMILES string of the molecule is CC#CC[C@H](C)C(=O)/C=C/[C@@H]1C2c3cccc(CCCC(=O)OC)c3O[C@H]2C[C@H]1CC(C)(C)[Si](C)(C)O. The number of carbonyl (C=O) groups excluding carboxylic acids is 2. The van der Waals surface area contributed by atoms with Crippen LogP contribution in [-0.2, 0) is 20.7 Å². The van der Waals surface area contributed by atoms with E-state index >= 15 is 0 Å². The van der Waals surface area contributed by atoms with Gasteiger partial charge in [-0.25, -0.2) is 0 Å². The van der Waals surface area contributed by atoms with Crippen molar-refractivity contribution in [1.82, 2.24) is 0 Å². The minimum absolute atomic E-state index is 0.0502. The Morgan fingerprint density at radius 1 is 1.32 bits per heavy atom. The van der Waals surface area contributed by atoms with Crippen LogP contribution in [0.1, 0.15) is 76.8 Å². The fourth-order valence-corrected chi connectivity index (χ4v) is 6.45. The minimum Gasteiger partial charge on any atom is -0.489 e. The molecule has 1 fully saturated rings. The van der Waals surface area contributed by atoms with Crippen LogP contribution < -0.4 is 4.74 Å². The third-order valence-electron chi connectivity index (χ3n) is 8.69. The van der Waals surface area contributed by atoms with Crippen LogP contribution in [0.15, 0.2) is 30.4 Å². The highest BCUT2D eigenvalue weighted by Gasteiger charge is 2.52. The van der Waals surface area contributed by atoms with Gasteiger partial charge in [0.25, 0.3) is 0 Å². The van der Waals surface area contributed by atoms with E-state index < -0.39 is 8.32 Å². The maximum absolute atomic E-state index is 12.9. The molecule has 1 N–H and O–H groups in total. The molecule has 1 unspecified atom stereocenters. The maximum atomic E-state index is 12.9. The van der Waals surface area contributed by atoms with Crippen molar-refractivity contribution in [2.24, 2.45) is 17.8 Å². The summed E-state index contributed by atoms with van der Waals surface area (Å²) in [6.07, 6.45) is 8.17. The summed E-state index contributed by atoms with van der Waals surface area (Å²) in [5, 5.41) is -0.158. The number of benzene rings is 1. The summed E-state index contributed by atoms with van der Waals surface area (Å²) >= 11 is 0. The molecule has 0 bridgehead atoms. The molecule has 37 heavy (non-hydrogen) atoms. The Kier molecular flexibility index (Phi) is 9.47. The van der Waals surface area contributed by atoms with E-state index in [2.05, 4.69) is 50.0 Å². The molecule has 1 aliphatic heterocycles. The fourth-order valence-electron chi connectivity index (χ4n) is 5.68. The van der Waals surface area contributed by atoms with Crippen molar-refractivity contribution in [3.63, 3.8) is 0 Å². The zero-order valence-electron chi connectivity index (χ0n) is 23.6. The van der Waals surface area contributed by atoms with E-state index in [1.807, 2.05) is 20.0 Å². The Morgan fingerprint density at radius 3 is 2.70 bits per heavy atom. The van der Waals surface area contributed by atoms with Gasteiger partial charge in [-0.2, -0.15) is 0 Å². The van der Waals surface area contributed by atoms with E-state index in [1.165, 1.54) is 12.7 Å². The Balaban J connectivity index is 1.89. The second kappa shape index (κ2) is 12.0. The Bertz CT molecular complexity index is 1070. The van der Waals surface area contributed by atoms with Gasteiger partial charge in [0.2, 0.25) is 0 Å². The molecule has 1 heterocycles. The first-order chi connectivity index (χ1) is 17.4. The van der Waals surface area contributed by atoms with Gasteiger partial charge in [-0.15, -0.1) is 11.8 Å². The van der Waals surface area contributed by atoms with Gasteiger partial charge in [0.1, 0.15) is 11.9 Å². The highest BCUT2D eigenvalue weighted by molar-refractivity contribution is 6.72. The molecule has 0 amide bonds. The largest absolute Gasteiger partial charge is 0.489 e. The van der Waals surface area contributed by atoms with Crippen molar-refractivity contribution in [2.75, 3.05) is 7.11 Å². The van der Waals surface area contributed by atoms with Crippen molar-refractivity contribution in [1.29, 1.82) is 0 Å². The van der Waals surface area contributed by atoms with Crippen molar-refractivity contribution in [3.8, 4) is 17.6 Å². The Hall–Kier alpha value is -2.36. The van der Waals surface area contributed by atoms with Crippen LogP contribution in [0.25, 0.3) is 0 Å². The highest BCUT2D eigenvalue weighted by Crippen LogP contribution is 2.58. The van der Waals surface area contributed by atoms with Gasteiger partial charge in [0.15, 0.2) is 14.1 Å². The standard InChI is InChI=1S/C31H44O5Si/c1-8-9-12-21(2)26(32)18-17-24-23(20-31(3,4)37(6,7)34)19-27-29(24)25-15-10-13-22(30(25)36-27)14-11-16-28(33)35-5/h10,13,15,17-18,21,23-24,27,29,34H,11-12,14,16,19-20H2,1-7H3/b18-17+/t21-,23-,24-,27-,29?/m0/s1. The highest BCUT2D eigenvalue weighted by atomic mass is 28.4. The molecule has 202 valence electrons. The predicted molar refractivity (Wildman–Crippen MR) is 150 cm³/mol. The van der Waals surface area contributed by atoms with Gasteiger partial charge < -0.3 is 14.3 Å². The van der Waals surface area contributed by atoms with E-state index in [9.17, 15) is 14.4 Å². The lowest BCUT2D eigenvalue weighted by Gasteiger charge is -2.38. The zero-order valence-corrected chi connectivity index (χ0v) is 24.6. The number of ketones is 1. The van der Waals surface area contributed by atoms with Gasteiger partial charge >= 0.3 is 5.97 Å². The first kappa shape index (κ1) is 29.2. The summed E-state index contributed by atoms with van der Waals surface area (Å²) in [4.78, 5) is 35.5. The molecule has 1 aliphatic carbocycles. The van der Waals surface area contributed by atoms with E-state index in [0.29, 0.717) is 25.2 Å². The number of para-hydroxylation sites is 1. The number of esters is 1. The molecule has 5 nitrogen and oxygen atoms in total. The summed E-state index contributed by atoms with van der Waals surface area (Å²) in [7, 11) is -0.971. The summed E-state index contributed by atoms with van der Waals surface area (Å²) < 4.78 is 11.4. The summed E-state index contributed by atoms with van der Waals surface area (Å²) in [6.45, 7) is 12.1.